The van der Waals surface area contributed by atoms with E-state index >= 15 is 0 Å². The second-order valence-corrected chi connectivity index (χ2v) is 5.18. The first kappa shape index (κ1) is 13.6. The van der Waals surface area contributed by atoms with Crippen molar-refractivity contribution in [2.45, 2.75) is 6.92 Å². The molecule has 1 aromatic heterocycles. The summed E-state index contributed by atoms with van der Waals surface area (Å²) in [6.45, 7) is 1.81. The first-order chi connectivity index (χ1) is 10.1. The van der Waals surface area contributed by atoms with E-state index in [2.05, 4.69) is 5.16 Å². The van der Waals surface area contributed by atoms with Gasteiger partial charge >= 0.3 is 0 Å². The van der Waals surface area contributed by atoms with Crippen LogP contribution in [0.15, 0.2) is 47.0 Å². The van der Waals surface area contributed by atoms with E-state index in [1.54, 1.807) is 18.2 Å². The van der Waals surface area contributed by atoms with Gasteiger partial charge in [-0.1, -0.05) is 28.9 Å². The number of hydrogen-bond donors (Lipinski definition) is 1. The van der Waals surface area contributed by atoms with Crippen molar-refractivity contribution in [3.63, 3.8) is 0 Å². The number of nitrogens with two attached hydrogens (primary N) is 1. The van der Waals surface area contributed by atoms with Gasteiger partial charge in [0.1, 0.15) is 11.5 Å². The van der Waals surface area contributed by atoms with Crippen LogP contribution in [-0.2, 0) is 0 Å². The Bertz CT molecular complexity index is 814. The predicted octanol–water partition coefficient (Wildman–Crippen LogP) is 4.69. The van der Waals surface area contributed by atoms with Gasteiger partial charge in [0.15, 0.2) is 0 Å². The van der Waals surface area contributed by atoms with Gasteiger partial charge in [-0.2, -0.15) is 0 Å². The third-order valence-corrected chi connectivity index (χ3v) is 3.51. The summed E-state index contributed by atoms with van der Waals surface area (Å²) < 4.78 is 18.4. The highest BCUT2D eigenvalue weighted by Gasteiger charge is 2.19. The Labute approximate surface area is 126 Å². The molecule has 0 unspecified atom stereocenters. The molecule has 0 spiro atoms. The Morgan fingerprint density at radius 3 is 2.71 bits per heavy atom. The molecule has 0 amide bonds. The summed E-state index contributed by atoms with van der Waals surface area (Å²) in [5.74, 6) is -0.0898. The minimum absolute atomic E-state index is 0.205. The van der Waals surface area contributed by atoms with E-state index in [1.165, 1.54) is 12.1 Å². The molecule has 0 bridgehead atoms. The third-order valence-electron chi connectivity index (χ3n) is 3.28. The number of halogens is 2. The molecule has 0 atom stereocenters. The summed E-state index contributed by atoms with van der Waals surface area (Å²) in [5, 5.41) is 4.61. The third kappa shape index (κ3) is 2.50. The van der Waals surface area contributed by atoms with Crippen molar-refractivity contribution < 1.29 is 8.91 Å². The molecular weight excluding hydrogens is 291 g/mol. The fourth-order valence-corrected chi connectivity index (χ4v) is 2.49. The molecule has 2 N–H and O–H groups in total. The minimum Gasteiger partial charge on any atom is -0.367 e. The molecule has 3 aromatic rings. The summed E-state index contributed by atoms with van der Waals surface area (Å²) in [6.07, 6.45) is 0. The quantitative estimate of drug-likeness (QED) is 0.747. The van der Waals surface area contributed by atoms with Crippen molar-refractivity contribution >= 4 is 17.5 Å². The van der Waals surface area contributed by atoms with Crippen LogP contribution >= 0.6 is 11.6 Å². The zero-order chi connectivity index (χ0) is 15.0. The van der Waals surface area contributed by atoms with E-state index in [0.29, 0.717) is 16.3 Å². The molecule has 0 fully saturated rings. The molecular formula is C16H12ClFN2O. The van der Waals surface area contributed by atoms with E-state index in [1.807, 2.05) is 19.1 Å². The summed E-state index contributed by atoms with van der Waals surface area (Å²) in [4.78, 5) is 0. The van der Waals surface area contributed by atoms with Gasteiger partial charge in [0.2, 0.25) is 5.88 Å². The molecule has 0 aliphatic carbocycles. The van der Waals surface area contributed by atoms with Gasteiger partial charge in [-0.3, -0.25) is 0 Å². The molecule has 0 radical (unpaired) electrons. The largest absolute Gasteiger partial charge is 0.367 e. The van der Waals surface area contributed by atoms with Crippen LogP contribution in [0.1, 0.15) is 5.56 Å². The molecule has 106 valence electrons. The Kier molecular flexibility index (Phi) is 3.39. The van der Waals surface area contributed by atoms with E-state index < -0.39 is 0 Å². The average molecular weight is 303 g/mol. The van der Waals surface area contributed by atoms with Crippen molar-refractivity contribution in [2.24, 2.45) is 0 Å². The van der Waals surface area contributed by atoms with Crippen LogP contribution in [0.2, 0.25) is 5.02 Å². The summed E-state index contributed by atoms with van der Waals surface area (Å²) in [7, 11) is 0. The lowest BCUT2D eigenvalue weighted by atomic mass is 9.98. The number of benzene rings is 2. The Morgan fingerprint density at radius 1 is 1.19 bits per heavy atom. The monoisotopic (exact) mass is 302 g/mol. The van der Waals surface area contributed by atoms with Crippen LogP contribution in [-0.4, -0.2) is 5.16 Å². The molecule has 21 heavy (non-hydrogen) atoms. The summed E-state index contributed by atoms with van der Waals surface area (Å²) >= 11 is 6.02. The number of aromatic nitrogens is 1. The molecule has 0 aliphatic rings. The first-order valence-corrected chi connectivity index (χ1v) is 6.71. The topological polar surface area (TPSA) is 52.0 Å². The minimum atomic E-state index is -0.294. The second-order valence-electron chi connectivity index (χ2n) is 4.74. The fourth-order valence-electron chi connectivity index (χ4n) is 2.30. The van der Waals surface area contributed by atoms with Crippen LogP contribution in [0.5, 0.6) is 0 Å². The maximum Gasteiger partial charge on any atom is 0.230 e. The number of hydrogen-bond acceptors (Lipinski definition) is 3. The lowest BCUT2D eigenvalue weighted by Gasteiger charge is -2.06. The number of aryl methyl sites for hydroxylation is 1. The van der Waals surface area contributed by atoms with Gasteiger partial charge < -0.3 is 10.3 Å². The van der Waals surface area contributed by atoms with Gasteiger partial charge in [-0.05, 0) is 48.4 Å². The SMILES string of the molecule is Cc1cc(F)ccc1-c1noc(N)c1-c1cccc(Cl)c1. The highest BCUT2D eigenvalue weighted by atomic mass is 35.5. The van der Waals surface area contributed by atoms with Crippen molar-refractivity contribution in [1.82, 2.24) is 5.16 Å². The lowest BCUT2D eigenvalue weighted by Crippen LogP contribution is -1.90. The second kappa shape index (κ2) is 5.22. The van der Waals surface area contributed by atoms with Crippen LogP contribution in [0, 0.1) is 12.7 Å². The zero-order valence-corrected chi connectivity index (χ0v) is 12.0. The van der Waals surface area contributed by atoms with E-state index in [0.717, 1.165) is 16.7 Å². The van der Waals surface area contributed by atoms with Gasteiger partial charge in [0.25, 0.3) is 0 Å². The van der Waals surface area contributed by atoms with Crippen LogP contribution < -0.4 is 5.73 Å². The standard InChI is InChI=1S/C16H12ClFN2O/c1-9-7-12(18)5-6-13(9)15-14(16(19)21-20-15)10-3-2-4-11(17)8-10/h2-8H,19H2,1H3. The summed E-state index contributed by atoms with van der Waals surface area (Å²) in [6, 6.07) is 11.7. The van der Waals surface area contributed by atoms with Crippen molar-refractivity contribution in [3.8, 4) is 22.4 Å². The molecule has 5 heteroatoms. The number of nitrogens with zero attached hydrogens (tertiary/aromatic N) is 1. The maximum atomic E-state index is 13.3. The van der Waals surface area contributed by atoms with Crippen LogP contribution in [0.3, 0.4) is 0 Å². The zero-order valence-electron chi connectivity index (χ0n) is 11.2. The van der Waals surface area contributed by atoms with Crippen molar-refractivity contribution in [2.75, 3.05) is 5.73 Å². The smallest absolute Gasteiger partial charge is 0.230 e. The van der Waals surface area contributed by atoms with Gasteiger partial charge in [0.05, 0.1) is 5.56 Å². The number of nitrogen functional groups attached to an aromatic ring is 1. The van der Waals surface area contributed by atoms with E-state index in [4.69, 9.17) is 21.9 Å². The van der Waals surface area contributed by atoms with Gasteiger partial charge in [-0.15, -0.1) is 0 Å². The Morgan fingerprint density at radius 2 is 2.00 bits per heavy atom. The fraction of sp³-hybridized carbons (Fsp3) is 0.0625. The highest BCUT2D eigenvalue weighted by molar-refractivity contribution is 6.30. The molecule has 1 heterocycles. The maximum absolute atomic E-state index is 13.3. The predicted molar refractivity (Wildman–Crippen MR) is 81.5 cm³/mol. The normalized spacial score (nSPS) is 10.8. The van der Waals surface area contributed by atoms with E-state index in [-0.39, 0.29) is 11.7 Å². The Hall–Kier alpha value is -2.33. The van der Waals surface area contributed by atoms with Gasteiger partial charge in [-0.25, -0.2) is 4.39 Å². The van der Waals surface area contributed by atoms with Crippen molar-refractivity contribution in [1.29, 1.82) is 0 Å². The molecule has 3 nitrogen and oxygen atoms in total. The van der Waals surface area contributed by atoms with E-state index in [9.17, 15) is 4.39 Å². The number of anilines is 1. The molecule has 0 aliphatic heterocycles. The summed E-state index contributed by atoms with van der Waals surface area (Å²) in [5.41, 5.74) is 9.46. The van der Waals surface area contributed by atoms with Crippen LogP contribution in [0.4, 0.5) is 10.3 Å². The molecule has 3 rings (SSSR count). The van der Waals surface area contributed by atoms with Crippen molar-refractivity contribution in [3.05, 3.63) is 58.9 Å². The number of rotatable bonds is 2. The molecule has 0 saturated carbocycles. The molecule has 0 saturated heterocycles. The Balaban J connectivity index is 2.22. The first-order valence-electron chi connectivity index (χ1n) is 6.34. The average Bonchev–Trinajstić information content (AvgIpc) is 2.80. The lowest BCUT2D eigenvalue weighted by molar-refractivity contribution is 0.439. The highest BCUT2D eigenvalue weighted by Crippen LogP contribution is 2.38. The van der Waals surface area contributed by atoms with Gasteiger partial charge in [0, 0.05) is 10.6 Å². The van der Waals surface area contributed by atoms with Crippen LogP contribution in [0.25, 0.3) is 22.4 Å². The molecule has 2 aromatic carbocycles.